The predicted molar refractivity (Wildman–Crippen MR) is 70.0 cm³/mol. The number of carbonyl (C=O) groups excluding carboxylic acids is 1. The lowest BCUT2D eigenvalue weighted by Crippen LogP contribution is -2.49. The molecule has 0 aromatic heterocycles. The van der Waals surface area contributed by atoms with E-state index in [1.54, 1.807) is 21.1 Å². The van der Waals surface area contributed by atoms with Gasteiger partial charge in [-0.2, -0.15) is 0 Å². The zero-order valence-electron chi connectivity index (χ0n) is 10.5. The molecule has 0 radical (unpaired) electrons. The van der Waals surface area contributed by atoms with Gasteiger partial charge in [0.25, 0.3) is 0 Å². The highest BCUT2D eigenvalue weighted by Gasteiger charge is 2.12. The third-order valence-corrected chi connectivity index (χ3v) is 2.20. The van der Waals surface area contributed by atoms with E-state index in [4.69, 9.17) is 21.7 Å². The van der Waals surface area contributed by atoms with Crippen LogP contribution in [0.3, 0.4) is 0 Å². The molecule has 17 heavy (non-hydrogen) atoms. The number of hydrogen-bond donors (Lipinski definition) is 3. The Morgan fingerprint density at radius 3 is 2.24 bits per heavy atom. The summed E-state index contributed by atoms with van der Waals surface area (Å²) in [6.45, 7) is 3.91. The van der Waals surface area contributed by atoms with Crippen LogP contribution in [0.1, 0.15) is 6.92 Å². The molecule has 0 bridgehead atoms. The van der Waals surface area contributed by atoms with Gasteiger partial charge in [-0.25, -0.2) is 0 Å². The molecule has 1 atom stereocenters. The maximum absolute atomic E-state index is 11.5. The van der Waals surface area contributed by atoms with Crippen LogP contribution < -0.4 is 16.0 Å². The minimum absolute atomic E-state index is 0.113. The van der Waals surface area contributed by atoms with Gasteiger partial charge < -0.3 is 25.4 Å². The summed E-state index contributed by atoms with van der Waals surface area (Å²) < 4.78 is 9.70. The van der Waals surface area contributed by atoms with E-state index >= 15 is 0 Å². The number of rotatable bonds is 8. The molecule has 1 amide bonds. The van der Waals surface area contributed by atoms with Gasteiger partial charge >= 0.3 is 0 Å². The lowest BCUT2D eigenvalue weighted by molar-refractivity contribution is -0.122. The quantitative estimate of drug-likeness (QED) is 0.395. The van der Waals surface area contributed by atoms with Gasteiger partial charge in [0.15, 0.2) is 5.11 Å². The molecular weight excluding hydrogens is 242 g/mol. The SMILES string of the molecule is COCCNC(=O)C(C)NC(=S)NCCOC. The lowest BCUT2D eigenvalue weighted by Gasteiger charge is -2.16. The highest BCUT2D eigenvalue weighted by molar-refractivity contribution is 7.80. The molecule has 1 unspecified atom stereocenters. The van der Waals surface area contributed by atoms with Gasteiger partial charge in [-0.1, -0.05) is 0 Å². The van der Waals surface area contributed by atoms with Crippen molar-refractivity contribution in [3.8, 4) is 0 Å². The summed E-state index contributed by atoms with van der Waals surface area (Å²) in [6, 6.07) is -0.380. The predicted octanol–water partition coefficient (Wildman–Crippen LogP) is -0.752. The number of methoxy groups -OCH3 is 2. The van der Waals surface area contributed by atoms with Gasteiger partial charge in [0.1, 0.15) is 6.04 Å². The second kappa shape index (κ2) is 10.2. The van der Waals surface area contributed by atoms with Crippen LogP contribution >= 0.6 is 12.2 Å². The molecular formula is C10H21N3O3S. The summed E-state index contributed by atoms with van der Waals surface area (Å²) >= 11 is 5.02. The average molecular weight is 263 g/mol. The smallest absolute Gasteiger partial charge is 0.242 e. The molecule has 0 heterocycles. The summed E-state index contributed by atoms with van der Waals surface area (Å²) in [6.07, 6.45) is 0. The minimum Gasteiger partial charge on any atom is -0.383 e. The summed E-state index contributed by atoms with van der Waals surface area (Å²) in [5.41, 5.74) is 0. The molecule has 0 aliphatic heterocycles. The van der Waals surface area contributed by atoms with Gasteiger partial charge in [0.05, 0.1) is 13.2 Å². The topological polar surface area (TPSA) is 71.6 Å². The fraction of sp³-hybridized carbons (Fsp3) is 0.800. The number of carbonyl (C=O) groups is 1. The molecule has 3 N–H and O–H groups in total. The average Bonchev–Trinajstić information content (AvgIpc) is 2.29. The Balaban J connectivity index is 3.71. The van der Waals surface area contributed by atoms with Gasteiger partial charge in [-0.15, -0.1) is 0 Å². The molecule has 0 aliphatic rings. The molecule has 0 rings (SSSR count). The van der Waals surface area contributed by atoms with Crippen LogP contribution in [0.15, 0.2) is 0 Å². The standard InChI is InChI=1S/C10H21N3O3S/c1-8(9(14)11-4-6-15-2)13-10(17)12-5-7-16-3/h8H,4-7H2,1-3H3,(H,11,14)(H2,12,13,17). The first-order valence-corrected chi connectivity index (χ1v) is 5.82. The first-order valence-electron chi connectivity index (χ1n) is 5.41. The summed E-state index contributed by atoms with van der Waals surface area (Å²) in [5.74, 6) is -0.113. The Labute approximate surface area is 107 Å². The highest BCUT2D eigenvalue weighted by atomic mass is 32.1. The van der Waals surface area contributed by atoms with Gasteiger partial charge in [0.2, 0.25) is 5.91 Å². The summed E-state index contributed by atoms with van der Waals surface area (Å²) in [5, 5.41) is 8.96. The van der Waals surface area contributed by atoms with Crippen LogP contribution in [-0.4, -0.2) is 57.6 Å². The molecule has 0 aliphatic carbocycles. The Kier molecular flexibility index (Phi) is 9.69. The van der Waals surface area contributed by atoms with E-state index in [1.165, 1.54) is 0 Å². The van der Waals surface area contributed by atoms with E-state index < -0.39 is 0 Å². The Morgan fingerprint density at radius 1 is 1.18 bits per heavy atom. The van der Waals surface area contributed by atoms with Crippen molar-refractivity contribution in [2.75, 3.05) is 40.5 Å². The second-order valence-corrected chi connectivity index (χ2v) is 3.81. The van der Waals surface area contributed by atoms with E-state index in [0.29, 0.717) is 31.4 Å². The van der Waals surface area contributed by atoms with Gasteiger partial charge in [0, 0.05) is 27.3 Å². The molecule has 0 saturated heterocycles. The van der Waals surface area contributed by atoms with Crippen molar-refractivity contribution in [3.05, 3.63) is 0 Å². The van der Waals surface area contributed by atoms with Gasteiger partial charge in [-0.3, -0.25) is 4.79 Å². The number of ether oxygens (including phenoxy) is 2. The summed E-state index contributed by atoms with van der Waals surface area (Å²) in [7, 11) is 3.20. The molecule has 0 fully saturated rings. The zero-order chi connectivity index (χ0) is 13.1. The van der Waals surface area contributed by atoms with E-state index in [2.05, 4.69) is 16.0 Å². The van der Waals surface area contributed by atoms with Crippen molar-refractivity contribution in [3.63, 3.8) is 0 Å². The van der Waals surface area contributed by atoms with Crippen LogP contribution in [0.25, 0.3) is 0 Å². The molecule has 0 spiro atoms. The molecule has 100 valence electrons. The van der Waals surface area contributed by atoms with Crippen LogP contribution in [0.5, 0.6) is 0 Å². The Morgan fingerprint density at radius 2 is 1.71 bits per heavy atom. The zero-order valence-corrected chi connectivity index (χ0v) is 11.4. The highest BCUT2D eigenvalue weighted by Crippen LogP contribution is 1.82. The minimum atomic E-state index is -0.380. The normalized spacial score (nSPS) is 11.7. The maximum atomic E-state index is 11.5. The van der Waals surface area contributed by atoms with Crippen molar-refractivity contribution in [1.29, 1.82) is 0 Å². The fourth-order valence-corrected chi connectivity index (χ4v) is 1.29. The number of thiocarbonyl (C=S) groups is 1. The first-order chi connectivity index (χ1) is 8.11. The van der Waals surface area contributed by atoms with Crippen molar-refractivity contribution in [1.82, 2.24) is 16.0 Å². The summed E-state index contributed by atoms with van der Waals surface area (Å²) in [4.78, 5) is 11.5. The van der Waals surface area contributed by atoms with E-state index in [-0.39, 0.29) is 11.9 Å². The third-order valence-electron chi connectivity index (χ3n) is 1.94. The fourth-order valence-electron chi connectivity index (χ4n) is 1.01. The van der Waals surface area contributed by atoms with Crippen LogP contribution in [0.4, 0.5) is 0 Å². The van der Waals surface area contributed by atoms with Crippen LogP contribution in [-0.2, 0) is 14.3 Å². The Hall–Kier alpha value is -0.920. The lowest BCUT2D eigenvalue weighted by atomic mass is 10.3. The van der Waals surface area contributed by atoms with Crippen molar-refractivity contribution < 1.29 is 14.3 Å². The monoisotopic (exact) mass is 263 g/mol. The van der Waals surface area contributed by atoms with Crippen molar-refractivity contribution in [2.24, 2.45) is 0 Å². The number of nitrogens with one attached hydrogen (secondary N) is 3. The molecule has 0 aromatic carbocycles. The van der Waals surface area contributed by atoms with E-state index in [0.717, 1.165) is 0 Å². The molecule has 7 heteroatoms. The largest absolute Gasteiger partial charge is 0.383 e. The molecule has 0 aromatic rings. The first kappa shape index (κ1) is 16.1. The molecule has 6 nitrogen and oxygen atoms in total. The van der Waals surface area contributed by atoms with Crippen molar-refractivity contribution >= 4 is 23.2 Å². The van der Waals surface area contributed by atoms with Gasteiger partial charge in [-0.05, 0) is 19.1 Å². The second-order valence-electron chi connectivity index (χ2n) is 3.40. The number of hydrogen-bond acceptors (Lipinski definition) is 4. The van der Waals surface area contributed by atoms with Crippen LogP contribution in [0, 0.1) is 0 Å². The van der Waals surface area contributed by atoms with Crippen molar-refractivity contribution in [2.45, 2.75) is 13.0 Å². The third kappa shape index (κ3) is 8.84. The maximum Gasteiger partial charge on any atom is 0.242 e. The number of amides is 1. The Bertz CT molecular complexity index is 239. The van der Waals surface area contributed by atoms with E-state index in [9.17, 15) is 4.79 Å². The molecule has 0 saturated carbocycles. The van der Waals surface area contributed by atoms with E-state index in [1.807, 2.05) is 0 Å². The van der Waals surface area contributed by atoms with Crippen LogP contribution in [0.2, 0.25) is 0 Å².